The Kier molecular flexibility index (Phi) is 14.0. The number of phenolic OH excluding ortho intramolecular Hbond substituents is 1. The molecule has 0 radical (unpaired) electrons. The number of nitrogens with one attached hydrogen (secondary N) is 3. The molecule has 11 N–H and O–H groups in total. The third kappa shape index (κ3) is 11.3. The van der Waals surface area contributed by atoms with Crippen molar-refractivity contribution in [2.75, 3.05) is 12.3 Å². The molecule has 1 rings (SSSR count). The second-order valence-electron chi connectivity index (χ2n) is 8.94. The molecule has 1 aromatic carbocycles. The van der Waals surface area contributed by atoms with E-state index in [0.717, 1.165) is 0 Å². The predicted octanol–water partition coefficient (Wildman–Crippen LogP) is -1.17. The average Bonchev–Trinajstić information content (AvgIpc) is 2.88. The summed E-state index contributed by atoms with van der Waals surface area (Å²) in [7, 11) is 0. The van der Waals surface area contributed by atoms with E-state index >= 15 is 0 Å². The third-order valence-corrected chi connectivity index (χ3v) is 6.31. The Balaban J connectivity index is 2.94. The fourth-order valence-corrected chi connectivity index (χ4v) is 3.62. The minimum atomic E-state index is -1.30. The Morgan fingerprint density at radius 1 is 0.974 bits per heavy atom. The van der Waals surface area contributed by atoms with Crippen molar-refractivity contribution in [2.45, 2.75) is 63.7 Å². The van der Waals surface area contributed by atoms with Crippen molar-refractivity contribution >= 4 is 42.3 Å². The molecule has 0 aliphatic carbocycles. The van der Waals surface area contributed by atoms with Gasteiger partial charge in [-0.05, 0) is 36.5 Å². The van der Waals surface area contributed by atoms with Crippen LogP contribution in [0.4, 0.5) is 0 Å². The van der Waals surface area contributed by atoms with Gasteiger partial charge < -0.3 is 43.4 Å². The number of nitrogens with two attached hydrogens (primary N) is 3. The Hall–Kier alpha value is -3.52. The first-order valence-electron chi connectivity index (χ1n) is 12.2. The van der Waals surface area contributed by atoms with Crippen molar-refractivity contribution in [2.24, 2.45) is 28.1 Å². The molecule has 14 heteroatoms. The molecule has 1 aromatic rings. The minimum absolute atomic E-state index is 0.0209. The lowest BCUT2D eigenvalue weighted by Crippen LogP contribution is -2.58. The highest BCUT2D eigenvalue weighted by atomic mass is 32.1. The maximum atomic E-state index is 13.1. The van der Waals surface area contributed by atoms with Gasteiger partial charge in [0.05, 0.1) is 6.04 Å². The van der Waals surface area contributed by atoms with Gasteiger partial charge in [0.1, 0.15) is 23.9 Å². The van der Waals surface area contributed by atoms with Crippen LogP contribution >= 0.6 is 12.6 Å². The van der Waals surface area contributed by atoms with Crippen LogP contribution in [0, 0.1) is 5.92 Å². The van der Waals surface area contributed by atoms with Crippen LogP contribution < -0.4 is 33.2 Å². The van der Waals surface area contributed by atoms with Crippen LogP contribution in [0.15, 0.2) is 29.3 Å². The van der Waals surface area contributed by atoms with E-state index in [2.05, 4.69) is 33.6 Å². The molecule has 0 heterocycles. The number of carboxylic acids is 1. The fourth-order valence-electron chi connectivity index (χ4n) is 3.36. The summed E-state index contributed by atoms with van der Waals surface area (Å²) in [5, 5.41) is 26.5. The van der Waals surface area contributed by atoms with E-state index in [1.807, 2.05) is 13.8 Å². The van der Waals surface area contributed by atoms with Gasteiger partial charge >= 0.3 is 5.97 Å². The Morgan fingerprint density at radius 3 is 2.05 bits per heavy atom. The zero-order valence-corrected chi connectivity index (χ0v) is 22.5. The Morgan fingerprint density at radius 2 is 1.53 bits per heavy atom. The summed E-state index contributed by atoms with van der Waals surface area (Å²) in [6, 6.07) is 1.51. The lowest BCUT2D eigenvalue weighted by atomic mass is 9.98. The lowest BCUT2D eigenvalue weighted by molar-refractivity contribution is -0.142. The molecule has 38 heavy (non-hydrogen) atoms. The first kappa shape index (κ1) is 32.5. The van der Waals surface area contributed by atoms with E-state index in [1.54, 1.807) is 0 Å². The highest BCUT2D eigenvalue weighted by Gasteiger charge is 2.30. The van der Waals surface area contributed by atoms with Crippen molar-refractivity contribution in [3.05, 3.63) is 29.8 Å². The van der Waals surface area contributed by atoms with Crippen LogP contribution in [0.3, 0.4) is 0 Å². The standard InChI is InChI=1S/C24H39N7O6S/c1-3-13(2)19(25)22(35)29-16(5-4-10-28-24(26)27)20(33)31-18(12-38)21(34)30-17(23(36)37)11-14-6-8-15(32)9-7-14/h6-9,13,16-19,32,38H,3-5,10-12,25H2,1-2H3,(H,29,35)(H,30,34)(H,31,33)(H,36,37)(H4,26,27,28). The molecule has 0 fully saturated rings. The number of hydrogen-bond donors (Lipinski definition) is 9. The topological polar surface area (TPSA) is 235 Å². The highest BCUT2D eigenvalue weighted by molar-refractivity contribution is 7.80. The number of nitrogens with zero attached hydrogens (tertiary/aromatic N) is 1. The second-order valence-corrected chi connectivity index (χ2v) is 9.30. The fraction of sp³-hybridized carbons (Fsp3) is 0.542. The van der Waals surface area contributed by atoms with Crippen LogP contribution in [-0.4, -0.2) is 76.3 Å². The van der Waals surface area contributed by atoms with Gasteiger partial charge in [0.25, 0.3) is 0 Å². The third-order valence-electron chi connectivity index (χ3n) is 5.94. The molecular formula is C24H39N7O6S. The van der Waals surface area contributed by atoms with Gasteiger partial charge in [-0.15, -0.1) is 0 Å². The van der Waals surface area contributed by atoms with Gasteiger partial charge in [-0.2, -0.15) is 12.6 Å². The maximum Gasteiger partial charge on any atom is 0.326 e. The quantitative estimate of drug-likeness (QED) is 0.0518. The number of aliphatic imine (C=N–C) groups is 1. The summed E-state index contributed by atoms with van der Waals surface area (Å²) in [5.41, 5.74) is 17.2. The summed E-state index contributed by atoms with van der Waals surface area (Å²) in [4.78, 5) is 54.2. The summed E-state index contributed by atoms with van der Waals surface area (Å²) < 4.78 is 0. The molecule has 5 atom stereocenters. The number of rotatable bonds is 16. The van der Waals surface area contributed by atoms with Gasteiger partial charge in [-0.25, -0.2) is 4.79 Å². The zero-order chi connectivity index (χ0) is 28.8. The normalized spacial score (nSPS) is 14.7. The van der Waals surface area contributed by atoms with Gasteiger partial charge in [0.2, 0.25) is 17.7 Å². The minimum Gasteiger partial charge on any atom is -0.508 e. The Labute approximate surface area is 227 Å². The number of amides is 3. The molecule has 0 aliphatic heterocycles. The molecule has 212 valence electrons. The van der Waals surface area contributed by atoms with Gasteiger partial charge in [-0.1, -0.05) is 32.4 Å². The molecule has 13 nitrogen and oxygen atoms in total. The van der Waals surface area contributed by atoms with E-state index in [4.69, 9.17) is 17.2 Å². The van der Waals surface area contributed by atoms with Crippen molar-refractivity contribution in [3.63, 3.8) is 0 Å². The summed E-state index contributed by atoms with van der Waals surface area (Å²) in [6.07, 6.45) is 1.11. The SMILES string of the molecule is CCC(C)C(N)C(=O)NC(CCCN=C(N)N)C(=O)NC(CS)C(=O)NC(Cc1ccc(O)cc1)C(=O)O. The summed E-state index contributed by atoms with van der Waals surface area (Å²) in [6.45, 7) is 3.92. The average molecular weight is 554 g/mol. The number of carbonyl (C=O) groups is 4. The molecule has 0 saturated carbocycles. The number of guanidine groups is 1. The van der Waals surface area contributed by atoms with Gasteiger partial charge in [0.15, 0.2) is 5.96 Å². The van der Waals surface area contributed by atoms with Crippen molar-refractivity contribution in [1.29, 1.82) is 0 Å². The molecule has 0 aliphatic rings. The molecule has 0 bridgehead atoms. The number of carbonyl (C=O) groups excluding carboxylic acids is 3. The van der Waals surface area contributed by atoms with Crippen LogP contribution in [0.1, 0.15) is 38.7 Å². The number of benzene rings is 1. The smallest absolute Gasteiger partial charge is 0.326 e. The van der Waals surface area contributed by atoms with Crippen LogP contribution in [-0.2, 0) is 25.6 Å². The molecule has 0 aromatic heterocycles. The number of phenols is 1. The number of hydrogen-bond acceptors (Lipinski definition) is 8. The number of thiol groups is 1. The van der Waals surface area contributed by atoms with Crippen LogP contribution in [0.2, 0.25) is 0 Å². The van der Waals surface area contributed by atoms with E-state index in [0.29, 0.717) is 18.4 Å². The summed E-state index contributed by atoms with van der Waals surface area (Å²) in [5.74, 6) is -3.58. The molecule has 5 unspecified atom stereocenters. The first-order chi connectivity index (χ1) is 17.9. The molecule has 3 amide bonds. The largest absolute Gasteiger partial charge is 0.508 e. The van der Waals surface area contributed by atoms with Gasteiger partial charge in [0, 0.05) is 18.7 Å². The maximum absolute atomic E-state index is 13.1. The predicted molar refractivity (Wildman–Crippen MR) is 146 cm³/mol. The molecule has 0 spiro atoms. The highest BCUT2D eigenvalue weighted by Crippen LogP contribution is 2.12. The van der Waals surface area contributed by atoms with Crippen molar-refractivity contribution in [1.82, 2.24) is 16.0 Å². The summed E-state index contributed by atoms with van der Waals surface area (Å²) >= 11 is 4.13. The molecule has 0 saturated heterocycles. The van der Waals surface area contributed by atoms with E-state index in [-0.39, 0.29) is 42.8 Å². The molecular weight excluding hydrogens is 514 g/mol. The number of aromatic hydroxyl groups is 1. The van der Waals surface area contributed by atoms with Crippen LogP contribution in [0.25, 0.3) is 0 Å². The second kappa shape index (κ2) is 16.3. The van der Waals surface area contributed by atoms with E-state index in [9.17, 15) is 29.4 Å². The van der Waals surface area contributed by atoms with E-state index < -0.39 is 47.9 Å². The van der Waals surface area contributed by atoms with Crippen LogP contribution in [0.5, 0.6) is 5.75 Å². The number of carboxylic acid groups (broad SMARTS) is 1. The van der Waals surface area contributed by atoms with Crippen molar-refractivity contribution in [3.8, 4) is 5.75 Å². The monoisotopic (exact) mass is 553 g/mol. The van der Waals surface area contributed by atoms with Crippen molar-refractivity contribution < 1.29 is 29.4 Å². The Bertz CT molecular complexity index is 972. The lowest BCUT2D eigenvalue weighted by Gasteiger charge is -2.25. The van der Waals surface area contributed by atoms with Gasteiger partial charge in [-0.3, -0.25) is 19.4 Å². The zero-order valence-electron chi connectivity index (χ0n) is 21.6. The number of aliphatic carboxylic acids is 1. The van der Waals surface area contributed by atoms with E-state index in [1.165, 1.54) is 24.3 Å². The first-order valence-corrected chi connectivity index (χ1v) is 12.9.